The highest BCUT2D eigenvalue weighted by atomic mass is 32.2. The number of rotatable bonds is 4. The number of hydrogen-bond donors (Lipinski definition) is 0. The summed E-state index contributed by atoms with van der Waals surface area (Å²) in [6, 6.07) is 9.75. The van der Waals surface area contributed by atoms with Crippen molar-refractivity contribution in [3.63, 3.8) is 0 Å². The summed E-state index contributed by atoms with van der Waals surface area (Å²) in [7, 11) is -3.59. The Bertz CT molecular complexity index is 961. The van der Waals surface area contributed by atoms with Crippen LogP contribution in [0.15, 0.2) is 40.6 Å². The number of aryl methyl sites for hydroxylation is 1. The molecule has 3 heterocycles. The predicted octanol–water partition coefficient (Wildman–Crippen LogP) is 2.37. The SMILES string of the molecule is CCc1ccc(S(=O)(=O)N2CCC(N3C(=O)c4ccccc4C3=O)C2)s1. The van der Waals surface area contributed by atoms with E-state index in [1.807, 2.05) is 13.0 Å². The fraction of sp³-hybridized carbons (Fsp3) is 0.333. The van der Waals surface area contributed by atoms with Crippen LogP contribution in [0.3, 0.4) is 0 Å². The standard InChI is InChI=1S/C18H18N2O4S2/c1-2-13-7-8-16(25-13)26(23,24)19-10-9-12(11-19)20-17(21)14-5-3-4-6-15(14)18(20)22/h3-8,12H,2,9-11H2,1H3. The molecule has 136 valence electrons. The van der Waals surface area contributed by atoms with Gasteiger partial charge in [0, 0.05) is 18.0 Å². The molecule has 0 radical (unpaired) electrons. The Morgan fingerprint density at radius 1 is 1.08 bits per heavy atom. The van der Waals surface area contributed by atoms with Gasteiger partial charge in [0.2, 0.25) is 0 Å². The van der Waals surface area contributed by atoms with Crippen molar-refractivity contribution in [1.29, 1.82) is 0 Å². The van der Waals surface area contributed by atoms with E-state index in [1.54, 1.807) is 30.3 Å². The molecular weight excluding hydrogens is 372 g/mol. The van der Waals surface area contributed by atoms with Crippen LogP contribution in [0, 0.1) is 0 Å². The van der Waals surface area contributed by atoms with E-state index in [-0.39, 0.29) is 18.4 Å². The van der Waals surface area contributed by atoms with E-state index in [0.717, 1.165) is 11.3 Å². The minimum Gasteiger partial charge on any atom is -0.270 e. The molecule has 2 aromatic rings. The maximum Gasteiger partial charge on any atom is 0.261 e. The minimum atomic E-state index is -3.59. The van der Waals surface area contributed by atoms with Gasteiger partial charge in [-0.1, -0.05) is 19.1 Å². The lowest BCUT2D eigenvalue weighted by Crippen LogP contribution is -2.42. The molecule has 2 aliphatic heterocycles. The van der Waals surface area contributed by atoms with Crippen molar-refractivity contribution < 1.29 is 18.0 Å². The summed E-state index contributed by atoms with van der Waals surface area (Å²) in [5.74, 6) is -0.668. The lowest BCUT2D eigenvalue weighted by molar-refractivity contribution is 0.0593. The van der Waals surface area contributed by atoms with Crippen LogP contribution in [0.5, 0.6) is 0 Å². The first-order valence-electron chi connectivity index (χ1n) is 8.49. The van der Waals surface area contributed by atoms with Crippen LogP contribution in [0.4, 0.5) is 0 Å². The van der Waals surface area contributed by atoms with Crippen LogP contribution in [0.2, 0.25) is 0 Å². The smallest absolute Gasteiger partial charge is 0.261 e. The van der Waals surface area contributed by atoms with E-state index in [4.69, 9.17) is 0 Å². The molecule has 26 heavy (non-hydrogen) atoms. The van der Waals surface area contributed by atoms with Crippen LogP contribution < -0.4 is 0 Å². The summed E-state index contributed by atoms with van der Waals surface area (Å²) in [4.78, 5) is 27.4. The zero-order valence-corrected chi connectivity index (χ0v) is 15.8. The van der Waals surface area contributed by atoms with Crippen molar-refractivity contribution in [2.24, 2.45) is 0 Å². The van der Waals surface area contributed by atoms with Crippen molar-refractivity contribution >= 4 is 33.2 Å². The number of imide groups is 1. The van der Waals surface area contributed by atoms with E-state index in [2.05, 4.69) is 0 Å². The predicted molar refractivity (Wildman–Crippen MR) is 97.8 cm³/mol. The quantitative estimate of drug-likeness (QED) is 0.751. The van der Waals surface area contributed by atoms with E-state index < -0.39 is 16.1 Å². The van der Waals surface area contributed by atoms with Gasteiger partial charge in [0.25, 0.3) is 21.8 Å². The van der Waals surface area contributed by atoms with Gasteiger partial charge in [-0.15, -0.1) is 11.3 Å². The highest BCUT2D eigenvalue weighted by Gasteiger charge is 2.44. The maximum absolute atomic E-state index is 12.9. The zero-order chi connectivity index (χ0) is 18.5. The average Bonchev–Trinajstić information content (AvgIpc) is 3.35. The molecule has 6 nitrogen and oxygen atoms in total. The fourth-order valence-corrected chi connectivity index (χ4v) is 6.44. The number of fused-ring (bicyclic) bond motifs is 1. The van der Waals surface area contributed by atoms with Crippen molar-refractivity contribution in [3.05, 3.63) is 52.4 Å². The number of amides is 2. The molecular formula is C18H18N2O4S2. The first kappa shape index (κ1) is 17.4. The molecule has 2 aliphatic rings. The van der Waals surface area contributed by atoms with E-state index >= 15 is 0 Å². The molecule has 0 saturated carbocycles. The van der Waals surface area contributed by atoms with E-state index in [9.17, 15) is 18.0 Å². The van der Waals surface area contributed by atoms with Gasteiger partial charge in [0.15, 0.2) is 0 Å². The fourth-order valence-electron chi connectivity index (χ4n) is 3.49. The Kier molecular flexibility index (Phi) is 4.21. The Morgan fingerprint density at radius 3 is 2.31 bits per heavy atom. The molecule has 1 saturated heterocycles. The molecule has 1 atom stereocenters. The summed E-state index contributed by atoms with van der Waals surface area (Å²) < 4.78 is 27.4. The van der Waals surface area contributed by atoms with Gasteiger partial charge in [-0.05, 0) is 37.1 Å². The van der Waals surface area contributed by atoms with E-state index in [1.165, 1.54) is 20.5 Å². The summed E-state index contributed by atoms with van der Waals surface area (Å²) >= 11 is 1.27. The summed E-state index contributed by atoms with van der Waals surface area (Å²) in [5, 5.41) is 0. The van der Waals surface area contributed by atoms with Gasteiger partial charge in [-0.25, -0.2) is 8.42 Å². The van der Waals surface area contributed by atoms with Crippen molar-refractivity contribution in [2.45, 2.75) is 30.0 Å². The molecule has 0 spiro atoms. The Morgan fingerprint density at radius 2 is 1.73 bits per heavy atom. The number of thiophene rings is 1. The zero-order valence-electron chi connectivity index (χ0n) is 14.2. The van der Waals surface area contributed by atoms with Gasteiger partial charge >= 0.3 is 0 Å². The average molecular weight is 390 g/mol. The van der Waals surface area contributed by atoms with Crippen LogP contribution >= 0.6 is 11.3 Å². The molecule has 0 bridgehead atoms. The van der Waals surface area contributed by atoms with Crippen molar-refractivity contribution in [2.75, 3.05) is 13.1 Å². The second-order valence-corrected chi connectivity index (χ2v) is 9.74. The molecule has 0 aliphatic carbocycles. The molecule has 4 rings (SSSR count). The molecule has 1 aromatic heterocycles. The number of nitrogens with zero attached hydrogens (tertiary/aromatic N) is 2. The first-order valence-corrected chi connectivity index (χ1v) is 10.7. The van der Waals surface area contributed by atoms with Crippen LogP contribution in [-0.2, 0) is 16.4 Å². The van der Waals surface area contributed by atoms with Crippen LogP contribution in [0.25, 0.3) is 0 Å². The number of carbonyl (C=O) groups excluding carboxylic acids is 2. The number of benzene rings is 1. The maximum atomic E-state index is 12.9. The molecule has 8 heteroatoms. The lowest BCUT2D eigenvalue weighted by Gasteiger charge is -2.22. The van der Waals surface area contributed by atoms with E-state index in [0.29, 0.717) is 28.3 Å². The molecule has 0 N–H and O–H groups in total. The lowest BCUT2D eigenvalue weighted by atomic mass is 10.1. The number of sulfonamides is 1. The van der Waals surface area contributed by atoms with Crippen LogP contribution in [-0.4, -0.2) is 48.6 Å². The normalized spacial score (nSPS) is 20.8. The highest BCUT2D eigenvalue weighted by molar-refractivity contribution is 7.91. The largest absolute Gasteiger partial charge is 0.270 e. The van der Waals surface area contributed by atoms with Gasteiger partial charge in [0.1, 0.15) is 4.21 Å². The molecule has 1 unspecified atom stereocenters. The van der Waals surface area contributed by atoms with Crippen molar-refractivity contribution in [1.82, 2.24) is 9.21 Å². The van der Waals surface area contributed by atoms with Crippen LogP contribution in [0.1, 0.15) is 38.9 Å². The number of carbonyl (C=O) groups is 2. The topological polar surface area (TPSA) is 74.8 Å². The summed E-state index contributed by atoms with van der Waals surface area (Å²) in [6.07, 6.45) is 1.24. The minimum absolute atomic E-state index is 0.146. The second-order valence-electron chi connectivity index (χ2n) is 6.41. The third kappa shape index (κ3) is 2.60. The highest BCUT2D eigenvalue weighted by Crippen LogP contribution is 2.32. The monoisotopic (exact) mass is 390 g/mol. The Balaban J connectivity index is 1.56. The van der Waals surface area contributed by atoms with Gasteiger partial charge in [-0.2, -0.15) is 4.31 Å². The molecule has 1 aromatic carbocycles. The number of hydrogen-bond acceptors (Lipinski definition) is 5. The Labute approximate surface area is 156 Å². The van der Waals surface area contributed by atoms with Crippen molar-refractivity contribution in [3.8, 4) is 0 Å². The summed E-state index contributed by atoms with van der Waals surface area (Å²) in [6.45, 7) is 2.43. The van der Waals surface area contributed by atoms with Gasteiger partial charge in [-0.3, -0.25) is 14.5 Å². The first-order chi connectivity index (χ1) is 12.4. The third-order valence-corrected chi connectivity index (χ3v) is 8.46. The second kappa shape index (κ2) is 6.29. The third-order valence-electron chi connectivity index (χ3n) is 4.90. The molecule has 2 amide bonds. The van der Waals surface area contributed by atoms with Gasteiger partial charge < -0.3 is 0 Å². The Hall–Kier alpha value is -2.03. The summed E-state index contributed by atoms with van der Waals surface area (Å²) in [5.41, 5.74) is 0.786. The van der Waals surface area contributed by atoms with Gasteiger partial charge in [0.05, 0.1) is 17.2 Å². The molecule has 1 fully saturated rings.